The van der Waals surface area contributed by atoms with Crippen LogP contribution in [0.2, 0.25) is 0 Å². The van der Waals surface area contributed by atoms with E-state index in [1.165, 1.54) is 13.3 Å². The van der Waals surface area contributed by atoms with Gasteiger partial charge in [0.15, 0.2) is 0 Å². The third kappa shape index (κ3) is 2.85. The van der Waals surface area contributed by atoms with Crippen LogP contribution in [-0.4, -0.2) is 23.0 Å². The lowest BCUT2D eigenvalue weighted by Crippen LogP contribution is -2.08. The lowest BCUT2D eigenvalue weighted by Gasteiger charge is -2.10. The number of rotatable bonds is 3. The lowest BCUT2D eigenvalue weighted by atomic mass is 10.2. The SMILES string of the molecule is COC(=O)c1cc(Nc2ccc(C)nc2C)ncc1N. The monoisotopic (exact) mass is 272 g/mol. The standard InChI is InChI=1S/C14H16N4O2/c1-8-4-5-12(9(2)17-8)18-13-6-10(14(19)20-3)11(15)7-16-13/h4-7H,15H2,1-3H3,(H,16,18). The van der Waals surface area contributed by atoms with Crippen LogP contribution in [0.15, 0.2) is 24.4 Å². The van der Waals surface area contributed by atoms with Crippen molar-refractivity contribution in [2.45, 2.75) is 13.8 Å². The summed E-state index contributed by atoms with van der Waals surface area (Å²) in [5.74, 6) is 0.0139. The molecule has 2 rings (SSSR count). The molecule has 0 fully saturated rings. The van der Waals surface area contributed by atoms with E-state index in [0.717, 1.165) is 17.1 Å². The summed E-state index contributed by atoms with van der Waals surface area (Å²) in [6, 6.07) is 5.36. The molecule has 0 aliphatic carbocycles. The number of ether oxygens (including phenoxy) is 1. The maximum atomic E-state index is 11.6. The number of nitrogens with one attached hydrogen (secondary N) is 1. The van der Waals surface area contributed by atoms with Crippen molar-refractivity contribution in [2.75, 3.05) is 18.2 Å². The van der Waals surface area contributed by atoms with Crippen LogP contribution in [0.3, 0.4) is 0 Å². The molecular formula is C14H16N4O2. The van der Waals surface area contributed by atoms with E-state index < -0.39 is 5.97 Å². The fourth-order valence-electron chi connectivity index (χ4n) is 1.78. The molecule has 0 atom stereocenters. The van der Waals surface area contributed by atoms with E-state index in [9.17, 15) is 4.79 Å². The summed E-state index contributed by atoms with van der Waals surface area (Å²) in [7, 11) is 1.31. The van der Waals surface area contributed by atoms with Crippen molar-refractivity contribution >= 4 is 23.2 Å². The molecule has 3 N–H and O–H groups in total. The molecule has 0 saturated carbocycles. The topological polar surface area (TPSA) is 90.1 Å². The average molecular weight is 272 g/mol. The highest BCUT2D eigenvalue weighted by molar-refractivity contribution is 5.95. The fourth-order valence-corrected chi connectivity index (χ4v) is 1.78. The van der Waals surface area contributed by atoms with Crippen molar-refractivity contribution in [3.63, 3.8) is 0 Å². The smallest absolute Gasteiger partial charge is 0.340 e. The summed E-state index contributed by atoms with van der Waals surface area (Å²) in [5, 5.41) is 3.11. The van der Waals surface area contributed by atoms with Crippen LogP contribution in [0, 0.1) is 13.8 Å². The number of carbonyl (C=O) groups excluding carboxylic acids is 1. The summed E-state index contributed by atoms with van der Waals surface area (Å²) >= 11 is 0. The molecule has 6 nitrogen and oxygen atoms in total. The predicted molar refractivity (Wildman–Crippen MR) is 77.0 cm³/mol. The number of esters is 1. The molecule has 104 valence electrons. The van der Waals surface area contributed by atoms with Gasteiger partial charge in [0.05, 0.1) is 35.9 Å². The summed E-state index contributed by atoms with van der Waals surface area (Å²) in [6.45, 7) is 3.82. The third-order valence-corrected chi connectivity index (χ3v) is 2.83. The second-order valence-corrected chi connectivity index (χ2v) is 4.36. The first-order valence-corrected chi connectivity index (χ1v) is 6.06. The second-order valence-electron chi connectivity index (χ2n) is 4.36. The Kier molecular flexibility index (Phi) is 3.84. The number of methoxy groups -OCH3 is 1. The maximum absolute atomic E-state index is 11.6. The van der Waals surface area contributed by atoms with E-state index in [1.54, 1.807) is 6.07 Å². The molecule has 0 saturated heterocycles. The minimum atomic E-state index is -0.494. The summed E-state index contributed by atoms with van der Waals surface area (Å²) in [5.41, 5.74) is 8.88. The molecule has 0 aliphatic rings. The van der Waals surface area contributed by atoms with Gasteiger partial charge in [-0.1, -0.05) is 0 Å². The van der Waals surface area contributed by atoms with E-state index in [4.69, 9.17) is 5.73 Å². The van der Waals surface area contributed by atoms with Crippen LogP contribution in [0.1, 0.15) is 21.7 Å². The number of anilines is 3. The molecule has 2 heterocycles. The highest BCUT2D eigenvalue weighted by Crippen LogP contribution is 2.21. The van der Waals surface area contributed by atoms with Gasteiger partial charge in [-0.2, -0.15) is 0 Å². The number of aryl methyl sites for hydroxylation is 2. The zero-order valence-electron chi connectivity index (χ0n) is 11.6. The van der Waals surface area contributed by atoms with Gasteiger partial charge in [-0.15, -0.1) is 0 Å². The van der Waals surface area contributed by atoms with E-state index in [0.29, 0.717) is 5.82 Å². The van der Waals surface area contributed by atoms with Gasteiger partial charge < -0.3 is 15.8 Å². The average Bonchev–Trinajstić information content (AvgIpc) is 2.43. The first-order chi connectivity index (χ1) is 9.51. The van der Waals surface area contributed by atoms with Crippen molar-refractivity contribution in [1.82, 2.24) is 9.97 Å². The number of nitrogens with zero attached hydrogens (tertiary/aromatic N) is 2. The summed E-state index contributed by atoms with van der Waals surface area (Å²) in [6.07, 6.45) is 1.42. The minimum Gasteiger partial charge on any atom is -0.465 e. The zero-order valence-corrected chi connectivity index (χ0v) is 11.6. The quantitative estimate of drug-likeness (QED) is 0.832. The van der Waals surface area contributed by atoms with Crippen LogP contribution < -0.4 is 11.1 Å². The summed E-state index contributed by atoms with van der Waals surface area (Å²) < 4.78 is 4.67. The molecule has 0 spiro atoms. The molecule has 0 bridgehead atoms. The largest absolute Gasteiger partial charge is 0.465 e. The molecule has 6 heteroatoms. The highest BCUT2D eigenvalue weighted by atomic mass is 16.5. The van der Waals surface area contributed by atoms with E-state index in [-0.39, 0.29) is 11.3 Å². The van der Waals surface area contributed by atoms with Crippen LogP contribution >= 0.6 is 0 Å². The Morgan fingerprint density at radius 1 is 1.35 bits per heavy atom. The van der Waals surface area contributed by atoms with Crippen LogP contribution in [0.5, 0.6) is 0 Å². The Labute approximate surface area is 117 Å². The van der Waals surface area contributed by atoms with Gasteiger partial charge in [0.1, 0.15) is 5.82 Å². The third-order valence-electron chi connectivity index (χ3n) is 2.83. The van der Waals surface area contributed by atoms with Crippen molar-refractivity contribution < 1.29 is 9.53 Å². The highest BCUT2D eigenvalue weighted by Gasteiger charge is 2.12. The molecule has 0 radical (unpaired) electrons. The van der Waals surface area contributed by atoms with E-state index in [2.05, 4.69) is 20.0 Å². The number of pyridine rings is 2. The molecule has 0 aliphatic heterocycles. The van der Waals surface area contributed by atoms with Gasteiger partial charge in [0.2, 0.25) is 0 Å². The Bertz CT molecular complexity index is 656. The lowest BCUT2D eigenvalue weighted by molar-refractivity contribution is 0.0602. The Morgan fingerprint density at radius 3 is 2.75 bits per heavy atom. The van der Waals surface area contributed by atoms with Crippen molar-refractivity contribution in [1.29, 1.82) is 0 Å². The number of hydrogen-bond acceptors (Lipinski definition) is 6. The van der Waals surface area contributed by atoms with Gasteiger partial charge in [-0.3, -0.25) is 4.98 Å². The first kappa shape index (κ1) is 13.8. The van der Waals surface area contributed by atoms with Gasteiger partial charge in [0.25, 0.3) is 0 Å². The molecule has 0 aromatic carbocycles. The second kappa shape index (κ2) is 5.56. The Morgan fingerprint density at radius 2 is 2.10 bits per heavy atom. The molecule has 0 unspecified atom stereocenters. The fraction of sp³-hybridized carbons (Fsp3) is 0.214. The summed E-state index contributed by atoms with van der Waals surface area (Å²) in [4.78, 5) is 20.1. The molecule has 20 heavy (non-hydrogen) atoms. The molecule has 0 amide bonds. The van der Waals surface area contributed by atoms with Gasteiger partial charge in [0, 0.05) is 5.69 Å². The molecule has 2 aromatic rings. The normalized spacial score (nSPS) is 10.2. The predicted octanol–water partition coefficient (Wildman–Crippen LogP) is 2.21. The number of nitrogen functional groups attached to an aromatic ring is 1. The Balaban J connectivity index is 2.32. The molecular weight excluding hydrogens is 256 g/mol. The number of aromatic nitrogens is 2. The number of carbonyl (C=O) groups is 1. The van der Waals surface area contributed by atoms with Crippen molar-refractivity contribution in [3.8, 4) is 0 Å². The number of hydrogen-bond donors (Lipinski definition) is 2. The van der Waals surface area contributed by atoms with E-state index in [1.807, 2.05) is 26.0 Å². The zero-order chi connectivity index (χ0) is 14.7. The van der Waals surface area contributed by atoms with Crippen molar-refractivity contribution in [3.05, 3.63) is 41.3 Å². The first-order valence-electron chi connectivity index (χ1n) is 6.06. The van der Waals surface area contributed by atoms with Crippen molar-refractivity contribution in [2.24, 2.45) is 0 Å². The van der Waals surface area contributed by atoms with Crippen LogP contribution in [-0.2, 0) is 4.74 Å². The molecule has 2 aromatic heterocycles. The number of nitrogens with two attached hydrogens (primary N) is 1. The Hall–Kier alpha value is -2.63. The van der Waals surface area contributed by atoms with E-state index >= 15 is 0 Å². The maximum Gasteiger partial charge on any atom is 0.340 e. The van der Waals surface area contributed by atoms with Crippen LogP contribution in [0.4, 0.5) is 17.2 Å². The van der Waals surface area contributed by atoms with Gasteiger partial charge in [-0.05, 0) is 32.0 Å². The minimum absolute atomic E-state index is 0.279. The van der Waals surface area contributed by atoms with Crippen LogP contribution in [0.25, 0.3) is 0 Å². The van der Waals surface area contributed by atoms with Gasteiger partial charge >= 0.3 is 5.97 Å². The van der Waals surface area contributed by atoms with Gasteiger partial charge in [-0.25, -0.2) is 9.78 Å².